The number of fused-ring (bicyclic) bond motifs is 1. The molecule has 0 atom stereocenters. The summed E-state index contributed by atoms with van der Waals surface area (Å²) < 4.78 is 0. The predicted octanol–water partition coefficient (Wildman–Crippen LogP) is 2.66. The van der Waals surface area contributed by atoms with Gasteiger partial charge in [0.15, 0.2) is 5.78 Å². The number of rotatable bonds is 6. The van der Waals surface area contributed by atoms with E-state index < -0.39 is 0 Å². The molecule has 0 spiro atoms. The molecule has 5 nitrogen and oxygen atoms in total. The Bertz CT molecular complexity index is 827. The summed E-state index contributed by atoms with van der Waals surface area (Å²) in [5.41, 5.74) is 3.76. The van der Waals surface area contributed by atoms with Crippen LogP contribution in [0.25, 0.3) is 0 Å². The van der Waals surface area contributed by atoms with Crippen molar-refractivity contribution in [2.75, 3.05) is 18.0 Å². The van der Waals surface area contributed by atoms with E-state index in [-0.39, 0.29) is 37.0 Å². The fraction of sp³-hybridized carbons (Fsp3) is 0.286. The molecule has 0 aliphatic carbocycles. The average Bonchev–Trinajstić information content (AvgIpc) is 3.09. The third-order valence-corrected chi connectivity index (χ3v) is 4.58. The first-order valence-electron chi connectivity index (χ1n) is 8.79. The monoisotopic (exact) mass is 350 g/mol. The summed E-state index contributed by atoms with van der Waals surface area (Å²) in [6.45, 7) is 2.54. The smallest absolute Gasteiger partial charge is 0.246 e. The fourth-order valence-electron chi connectivity index (χ4n) is 3.07. The van der Waals surface area contributed by atoms with Crippen molar-refractivity contribution in [2.45, 2.75) is 26.2 Å². The van der Waals surface area contributed by atoms with E-state index in [9.17, 15) is 14.4 Å². The van der Waals surface area contributed by atoms with Crippen LogP contribution in [0.2, 0.25) is 0 Å². The zero-order chi connectivity index (χ0) is 18.5. The summed E-state index contributed by atoms with van der Waals surface area (Å²) in [6.07, 6.45) is 1.05. The molecule has 2 amide bonds. The summed E-state index contributed by atoms with van der Waals surface area (Å²) >= 11 is 0. The first-order valence-corrected chi connectivity index (χ1v) is 8.79. The van der Waals surface area contributed by atoms with Crippen molar-refractivity contribution in [1.29, 1.82) is 0 Å². The molecule has 0 radical (unpaired) electrons. The van der Waals surface area contributed by atoms with Gasteiger partial charge in [0.25, 0.3) is 0 Å². The van der Waals surface area contributed by atoms with Crippen LogP contribution in [0.3, 0.4) is 0 Å². The Morgan fingerprint density at radius 3 is 2.50 bits per heavy atom. The van der Waals surface area contributed by atoms with Crippen LogP contribution in [-0.2, 0) is 16.0 Å². The molecular formula is C21H22N2O3. The number of para-hydroxylation sites is 1. The molecule has 0 aromatic heterocycles. The average molecular weight is 350 g/mol. The van der Waals surface area contributed by atoms with Gasteiger partial charge in [-0.1, -0.05) is 48.0 Å². The van der Waals surface area contributed by atoms with Gasteiger partial charge in [-0.2, -0.15) is 0 Å². The number of carbonyl (C=O) groups excluding carboxylic acids is 3. The zero-order valence-corrected chi connectivity index (χ0v) is 14.8. The minimum absolute atomic E-state index is 0.0497. The van der Waals surface area contributed by atoms with Gasteiger partial charge >= 0.3 is 0 Å². The molecule has 1 aliphatic heterocycles. The number of nitrogens with zero attached hydrogens (tertiary/aromatic N) is 1. The summed E-state index contributed by atoms with van der Waals surface area (Å²) in [6, 6.07) is 15.1. The minimum Gasteiger partial charge on any atom is -0.347 e. The lowest BCUT2D eigenvalue weighted by Crippen LogP contribution is -2.39. The molecule has 2 aromatic rings. The van der Waals surface area contributed by atoms with Crippen LogP contribution in [-0.4, -0.2) is 30.7 Å². The van der Waals surface area contributed by atoms with E-state index in [4.69, 9.17) is 0 Å². The second-order valence-corrected chi connectivity index (χ2v) is 6.49. The second kappa shape index (κ2) is 7.95. The van der Waals surface area contributed by atoms with Gasteiger partial charge in [-0.05, 0) is 25.0 Å². The standard InChI is InChI=1S/C21H22N2O3/c1-15-6-8-17(9-7-15)19(24)10-11-20(25)22-14-21(26)23-13-12-16-4-2-3-5-18(16)23/h2-9H,10-14H2,1H3,(H,22,25). The Balaban J connectivity index is 1.45. The molecule has 134 valence electrons. The number of amides is 2. The van der Waals surface area contributed by atoms with E-state index in [1.807, 2.05) is 43.3 Å². The van der Waals surface area contributed by atoms with Crippen molar-refractivity contribution in [1.82, 2.24) is 5.32 Å². The van der Waals surface area contributed by atoms with Gasteiger partial charge in [-0.3, -0.25) is 14.4 Å². The van der Waals surface area contributed by atoms with Crippen LogP contribution in [0.15, 0.2) is 48.5 Å². The molecule has 1 aliphatic rings. The van der Waals surface area contributed by atoms with E-state index in [0.29, 0.717) is 12.1 Å². The lowest BCUT2D eigenvalue weighted by Gasteiger charge is -2.17. The molecule has 1 N–H and O–H groups in total. The van der Waals surface area contributed by atoms with Crippen molar-refractivity contribution in [3.05, 3.63) is 65.2 Å². The number of ketones is 1. The molecule has 0 saturated carbocycles. The largest absolute Gasteiger partial charge is 0.347 e. The van der Waals surface area contributed by atoms with Crippen LogP contribution in [0.1, 0.15) is 34.3 Å². The summed E-state index contributed by atoms with van der Waals surface area (Å²) in [5.74, 6) is -0.487. The highest BCUT2D eigenvalue weighted by Crippen LogP contribution is 2.27. The molecule has 0 fully saturated rings. The second-order valence-electron chi connectivity index (χ2n) is 6.49. The van der Waals surface area contributed by atoms with Gasteiger partial charge in [0.2, 0.25) is 11.8 Å². The fourth-order valence-corrected chi connectivity index (χ4v) is 3.07. The highest BCUT2D eigenvalue weighted by molar-refractivity contribution is 6.00. The van der Waals surface area contributed by atoms with E-state index in [2.05, 4.69) is 5.32 Å². The van der Waals surface area contributed by atoms with Crippen molar-refractivity contribution < 1.29 is 14.4 Å². The number of anilines is 1. The van der Waals surface area contributed by atoms with Crippen LogP contribution in [0.5, 0.6) is 0 Å². The van der Waals surface area contributed by atoms with Gasteiger partial charge in [-0.15, -0.1) is 0 Å². The number of Topliss-reactive ketones (excluding diaryl/α,β-unsaturated/α-hetero) is 1. The Kier molecular flexibility index (Phi) is 5.46. The first kappa shape index (κ1) is 17.9. The highest BCUT2D eigenvalue weighted by atomic mass is 16.2. The normalized spacial score (nSPS) is 12.6. The Morgan fingerprint density at radius 1 is 1.00 bits per heavy atom. The van der Waals surface area contributed by atoms with E-state index in [0.717, 1.165) is 23.2 Å². The molecule has 26 heavy (non-hydrogen) atoms. The van der Waals surface area contributed by atoms with Crippen LogP contribution in [0.4, 0.5) is 5.69 Å². The lowest BCUT2D eigenvalue weighted by atomic mass is 10.1. The van der Waals surface area contributed by atoms with Crippen LogP contribution >= 0.6 is 0 Å². The number of aryl methyl sites for hydroxylation is 1. The SMILES string of the molecule is Cc1ccc(C(=O)CCC(=O)NCC(=O)N2CCc3ccccc32)cc1. The van der Waals surface area contributed by atoms with Crippen molar-refractivity contribution in [2.24, 2.45) is 0 Å². The highest BCUT2D eigenvalue weighted by Gasteiger charge is 2.24. The Labute approximate surface area is 153 Å². The van der Waals surface area contributed by atoms with E-state index in [1.54, 1.807) is 17.0 Å². The molecule has 5 heteroatoms. The van der Waals surface area contributed by atoms with Crippen molar-refractivity contribution in [3.8, 4) is 0 Å². The maximum absolute atomic E-state index is 12.3. The molecular weight excluding hydrogens is 328 g/mol. The summed E-state index contributed by atoms with van der Waals surface area (Å²) in [7, 11) is 0. The third-order valence-electron chi connectivity index (χ3n) is 4.58. The van der Waals surface area contributed by atoms with Crippen molar-refractivity contribution >= 4 is 23.3 Å². The third kappa shape index (κ3) is 4.17. The molecule has 0 bridgehead atoms. The van der Waals surface area contributed by atoms with E-state index in [1.165, 1.54) is 0 Å². The van der Waals surface area contributed by atoms with Crippen molar-refractivity contribution in [3.63, 3.8) is 0 Å². The Morgan fingerprint density at radius 2 is 1.73 bits per heavy atom. The van der Waals surface area contributed by atoms with Gasteiger partial charge in [0.05, 0.1) is 6.54 Å². The van der Waals surface area contributed by atoms with E-state index >= 15 is 0 Å². The predicted molar refractivity (Wildman–Crippen MR) is 100 cm³/mol. The van der Waals surface area contributed by atoms with Gasteiger partial charge in [0, 0.05) is 30.6 Å². The summed E-state index contributed by atoms with van der Waals surface area (Å²) in [4.78, 5) is 38.1. The number of hydrogen-bond donors (Lipinski definition) is 1. The number of hydrogen-bond acceptors (Lipinski definition) is 3. The zero-order valence-electron chi connectivity index (χ0n) is 14.8. The molecule has 0 saturated heterocycles. The number of carbonyl (C=O) groups is 3. The quantitative estimate of drug-likeness (QED) is 0.815. The molecule has 0 unspecified atom stereocenters. The molecule has 1 heterocycles. The van der Waals surface area contributed by atoms with Crippen LogP contribution in [0, 0.1) is 6.92 Å². The van der Waals surface area contributed by atoms with Crippen LogP contribution < -0.4 is 10.2 Å². The maximum atomic E-state index is 12.3. The Hall–Kier alpha value is -2.95. The van der Waals surface area contributed by atoms with Gasteiger partial charge < -0.3 is 10.2 Å². The maximum Gasteiger partial charge on any atom is 0.246 e. The van der Waals surface area contributed by atoms with Gasteiger partial charge in [-0.25, -0.2) is 0 Å². The minimum atomic E-state index is -0.286. The first-order chi connectivity index (χ1) is 12.5. The number of benzene rings is 2. The topological polar surface area (TPSA) is 66.5 Å². The summed E-state index contributed by atoms with van der Waals surface area (Å²) in [5, 5.41) is 2.62. The lowest BCUT2D eigenvalue weighted by molar-refractivity contribution is -0.124. The molecule has 3 rings (SSSR count). The molecule has 2 aromatic carbocycles. The van der Waals surface area contributed by atoms with Gasteiger partial charge in [0.1, 0.15) is 0 Å². The number of nitrogens with one attached hydrogen (secondary N) is 1.